The predicted molar refractivity (Wildman–Crippen MR) is 71.7 cm³/mol. The zero-order valence-electron chi connectivity index (χ0n) is 9.91. The first-order valence-electron chi connectivity index (χ1n) is 5.41. The molecule has 2 rings (SSSR count). The van der Waals surface area contributed by atoms with Crippen LogP contribution in [0.1, 0.15) is 5.56 Å². The number of halogens is 4. The SMILES string of the molecule is Nc1c(O)cccc1Oc1cc(Br)ccc1C(F)(F)F. The van der Waals surface area contributed by atoms with E-state index in [1.165, 1.54) is 30.3 Å². The Morgan fingerprint density at radius 2 is 1.80 bits per heavy atom. The van der Waals surface area contributed by atoms with Gasteiger partial charge in [0.25, 0.3) is 0 Å². The highest BCUT2D eigenvalue weighted by atomic mass is 79.9. The van der Waals surface area contributed by atoms with E-state index in [4.69, 9.17) is 10.5 Å². The second kappa shape index (κ2) is 5.24. The normalized spacial score (nSPS) is 11.4. The molecule has 0 fully saturated rings. The fourth-order valence-corrected chi connectivity index (χ4v) is 1.89. The number of phenols is 1. The molecule has 3 N–H and O–H groups in total. The molecule has 0 spiro atoms. The molecule has 0 aromatic heterocycles. The lowest BCUT2D eigenvalue weighted by molar-refractivity contribution is -0.138. The molecule has 7 heteroatoms. The van der Waals surface area contributed by atoms with Crippen LogP contribution in [0.2, 0.25) is 0 Å². The molecule has 106 valence electrons. The highest BCUT2D eigenvalue weighted by molar-refractivity contribution is 9.10. The molecule has 20 heavy (non-hydrogen) atoms. The Kier molecular flexibility index (Phi) is 3.80. The lowest BCUT2D eigenvalue weighted by Gasteiger charge is -2.15. The highest BCUT2D eigenvalue weighted by Gasteiger charge is 2.34. The molecular weight excluding hydrogens is 339 g/mol. The smallest absolute Gasteiger partial charge is 0.419 e. The Morgan fingerprint density at radius 3 is 2.45 bits per heavy atom. The molecule has 0 unspecified atom stereocenters. The van der Waals surface area contributed by atoms with Crippen molar-refractivity contribution in [3.63, 3.8) is 0 Å². The van der Waals surface area contributed by atoms with Gasteiger partial charge in [0.15, 0.2) is 5.75 Å². The number of para-hydroxylation sites is 1. The molecular formula is C13H9BrF3NO2. The number of ether oxygens (including phenoxy) is 1. The fraction of sp³-hybridized carbons (Fsp3) is 0.0769. The first-order chi connectivity index (χ1) is 9.29. The zero-order chi connectivity index (χ0) is 14.9. The van der Waals surface area contributed by atoms with Crippen molar-refractivity contribution in [2.45, 2.75) is 6.18 Å². The summed E-state index contributed by atoms with van der Waals surface area (Å²) in [5.41, 5.74) is 4.51. The average Bonchev–Trinajstić information content (AvgIpc) is 2.33. The van der Waals surface area contributed by atoms with Crippen LogP contribution in [0, 0.1) is 0 Å². The lowest BCUT2D eigenvalue weighted by Crippen LogP contribution is -2.07. The van der Waals surface area contributed by atoms with Gasteiger partial charge in [-0.15, -0.1) is 0 Å². The predicted octanol–water partition coefficient (Wildman–Crippen LogP) is 4.55. The maximum Gasteiger partial charge on any atom is 0.419 e. The number of hydrogen-bond donors (Lipinski definition) is 2. The van der Waals surface area contributed by atoms with E-state index in [0.29, 0.717) is 4.47 Å². The minimum Gasteiger partial charge on any atom is -0.506 e. The van der Waals surface area contributed by atoms with Gasteiger partial charge in [-0.25, -0.2) is 0 Å². The van der Waals surface area contributed by atoms with Crippen LogP contribution >= 0.6 is 15.9 Å². The van der Waals surface area contributed by atoms with E-state index in [1.807, 2.05) is 0 Å². The summed E-state index contributed by atoms with van der Waals surface area (Å²) >= 11 is 3.08. The summed E-state index contributed by atoms with van der Waals surface area (Å²) in [4.78, 5) is 0. The van der Waals surface area contributed by atoms with Gasteiger partial charge in [0.1, 0.15) is 17.2 Å². The summed E-state index contributed by atoms with van der Waals surface area (Å²) in [6, 6.07) is 7.46. The number of hydrogen-bond acceptors (Lipinski definition) is 3. The van der Waals surface area contributed by atoms with Crippen molar-refractivity contribution in [1.29, 1.82) is 0 Å². The van der Waals surface area contributed by atoms with Crippen molar-refractivity contribution < 1.29 is 23.0 Å². The third kappa shape index (κ3) is 2.98. The van der Waals surface area contributed by atoms with Crippen molar-refractivity contribution in [2.75, 3.05) is 5.73 Å². The quantitative estimate of drug-likeness (QED) is 0.619. The summed E-state index contributed by atoms with van der Waals surface area (Å²) in [5, 5.41) is 9.43. The number of rotatable bonds is 2. The molecule has 0 amide bonds. The van der Waals surface area contributed by atoms with Crippen LogP contribution < -0.4 is 10.5 Å². The van der Waals surface area contributed by atoms with E-state index in [2.05, 4.69) is 15.9 Å². The average molecular weight is 348 g/mol. The van der Waals surface area contributed by atoms with Crippen LogP contribution in [0.25, 0.3) is 0 Å². The number of phenolic OH excluding ortho intramolecular Hbond substituents is 1. The van der Waals surface area contributed by atoms with Gasteiger partial charge >= 0.3 is 6.18 Å². The van der Waals surface area contributed by atoms with Gasteiger partial charge in [0.05, 0.1) is 5.56 Å². The van der Waals surface area contributed by atoms with E-state index in [1.54, 1.807) is 0 Å². The number of nitrogens with two attached hydrogens (primary N) is 1. The molecule has 3 nitrogen and oxygen atoms in total. The van der Waals surface area contributed by atoms with Gasteiger partial charge in [-0.1, -0.05) is 22.0 Å². The van der Waals surface area contributed by atoms with Gasteiger partial charge in [-0.2, -0.15) is 13.2 Å². The number of alkyl halides is 3. The summed E-state index contributed by atoms with van der Waals surface area (Å²) in [6.45, 7) is 0. The molecule has 2 aromatic rings. The number of anilines is 1. The lowest BCUT2D eigenvalue weighted by atomic mass is 10.2. The van der Waals surface area contributed by atoms with Gasteiger partial charge < -0.3 is 15.6 Å². The largest absolute Gasteiger partial charge is 0.506 e. The Bertz CT molecular complexity index is 644. The molecule has 0 radical (unpaired) electrons. The third-order valence-corrected chi connectivity index (χ3v) is 3.01. The van der Waals surface area contributed by atoms with Crippen LogP contribution in [0.15, 0.2) is 40.9 Å². The number of nitrogen functional groups attached to an aromatic ring is 1. The summed E-state index contributed by atoms with van der Waals surface area (Å²) in [7, 11) is 0. The number of aromatic hydroxyl groups is 1. The number of benzene rings is 2. The van der Waals surface area contributed by atoms with E-state index in [9.17, 15) is 18.3 Å². The Balaban J connectivity index is 2.48. The second-order valence-electron chi connectivity index (χ2n) is 3.93. The van der Waals surface area contributed by atoms with Gasteiger partial charge in [0, 0.05) is 4.47 Å². The van der Waals surface area contributed by atoms with Crippen molar-refractivity contribution in [1.82, 2.24) is 0 Å². The van der Waals surface area contributed by atoms with Crippen LogP contribution in [0.3, 0.4) is 0 Å². The second-order valence-corrected chi connectivity index (χ2v) is 4.84. The molecule has 0 saturated carbocycles. The maximum absolute atomic E-state index is 12.9. The standard InChI is InChI=1S/C13H9BrF3NO2/c14-7-4-5-8(13(15,16)17)11(6-7)20-10-3-1-2-9(19)12(10)18/h1-6,19H,18H2. The minimum atomic E-state index is -4.55. The van der Waals surface area contributed by atoms with Crippen LogP contribution in [0.5, 0.6) is 17.2 Å². The van der Waals surface area contributed by atoms with Crippen molar-refractivity contribution >= 4 is 21.6 Å². The Hall–Kier alpha value is -1.89. The molecule has 0 heterocycles. The summed E-state index contributed by atoms with van der Waals surface area (Å²) in [5.74, 6) is -0.705. The molecule has 0 aliphatic heterocycles. The monoisotopic (exact) mass is 347 g/mol. The first kappa shape index (κ1) is 14.5. The maximum atomic E-state index is 12.9. The summed E-state index contributed by atoms with van der Waals surface area (Å²) < 4.78 is 44.3. The van der Waals surface area contributed by atoms with E-state index in [-0.39, 0.29) is 17.2 Å². The van der Waals surface area contributed by atoms with Gasteiger partial charge in [-0.05, 0) is 30.3 Å². The zero-order valence-corrected chi connectivity index (χ0v) is 11.5. The van der Waals surface area contributed by atoms with Gasteiger partial charge in [0.2, 0.25) is 0 Å². The molecule has 0 atom stereocenters. The van der Waals surface area contributed by atoms with E-state index < -0.39 is 17.5 Å². The Labute approximate surface area is 120 Å². The molecule has 0 aliphatic rings. The topological polar surface area (TPSA) is 55.5 Å². The fourth-order valence-electron chi connectivity index (χ4n) is 1.55. The van der Waals surface area contributed by atoms with Crippen LogP contribution in [-0.2, 0) is 6.18 Å². The van der Waals surface area contributed by atoms with E-state index in [0.717, 1.165) is 6.07 Å². The molecule has 0 aliphatic carbocycles. The van der Waals surface area contributed by atoms with Crippen molar-refractivity contribution in [3.05, 3.63) is 46.4 Å². The summed E-state index contributed by atoms with van der Waals surface area (Å²) in [6.07, 6.45) is -4.55. The third-order valence-electron chi connectivity index (χ3n) is 2.51. The van der Waals surface area contributed by atoms with Crippen molar-refractivity contribution in [3.8, 4) is 17.2 Å². The molecule has 0 bridgehead atoms. The van der Waals surface area contributed by atoms with Gasteiger partial charge in [-0.3, -0.25) is 0 Å². The Morgan fingerprint density at radius 1 is 1.10 bits per heavy atom. The molecule has 2 aromatic carbocycles. The highest BCUT2D eigenvalue weighted by Crippen LogP contribution is 2.41. The first-order valence-corrected chi connectivity index (χ1v) is 6.20. The molecule has 0 saturated heterocycles. The van der Waals surface area contributed by atoms with Crippen LogP contribution in [0.4, 0.5) is 18.9 Å². The van der Waals surface area contributed by atoms with E-state index >= 15 is 0 Å². The van der Waals surface area contributed by atoms with Crippen molar-refractivity contribution in [2.24, 2.45) is 0 Å². The minimum absolute atomic E-state index is 0.0476. The van der Waals surface area contributed by atoms with Crippen LogP contribution in [-0.4, -0.2) is 5.11 Å².